The van der Waals surface area contributed by atoms with E-state index >= 15 is 0 Å². The van der Waals surface area contributed by atoms with Crippen LogP contribution >= 0.6 is 22.7 Å². The van der Waals surface area contributed by atoms with Crippen molar-refractivity contribution in [3.05, 3.63) is 39.0 Å². The van der Waals surface area contributed by atoms with Crippen LogP contribution in [0.15, 0.2) is 28.1 Å². The average Bonchev–Trinajstić information content (AvgIpc) is 3.13. The second-order valence-corrected chi connectivity index (χ2v) is 6.63. The smallest absolute Gasteiger partial charge is 0.270 e. The minimum absolute atomic E-state index is 0.285. The quantitative estimate of drug-likeness (QED) is 0.381. The zero-order valence-corrected chi connectivity index (χ0v) is 12.9. The number of nitrogens with one attached hydrogen (secondary N) is 1. The number of aromatic hydroxyl groups is 1. The molecule has 22 heavy (non-hydrogen) atoms. The highest BCUT2D eigenvalue weighted by atomic mass is 32.1. The van der Waals surface area contributed by atoms with Gasteiger partial charge in [0.25, 0.3) is 5.56 Å². The highest BCUT2D eigenvalue weighted by Gasteiger charge is 2.16. The van der Waals surface area contributed by atoms with Crippen LogP contribution in [0.3, 0.4) is 0 Å². The number of nitriles is 1. The van der Waals surface area contributed by atoms with E-state index in [1.165, 1.54) is 22.7 Å². The predicted octanol–water partition coefficient (Wildman–Crippen LogP) is 3.09. The largest absolute Gasteiger partial charge is 0.506 e. The number of aromatic nitrogens is 1. The van der Waals surface area contributed by atoms with E-state index in [-0.39, 0.29) is 11.3 Å². The molecule has 0 aromatic carbocycles. The van der Waals surface area contributed by atoms with Gasteiger partial charge in [-0.15, -0.1) is 22.7 Å². The Morgan fingerprint density at radius 1 is 1.36 bits per heavy atom. The minimum Gasteiger partial charge on any atom is -0.506 e. The second kappa shape index (κ2) is 5.29. The van der Waals surface area contributed by atoms with Crippen molar-refractivity contribution in [2.45, 2.75) is 6.92 Å². The van der Waals surface area contributed by atoms with Gasteiger partial charge in [-0.25, -0.2) is 0 Å². The molecule has 0 saturated carbocycles. The van der Waals surface area contributed by atoms with E-state index in [9.17, 15) is 9.90 Å². The SMILES string of the molecule is C/C(=N\O)c1ccc(-c2cc3c(O)c(C#N)c(=O)[nH]c3s2)s1. The molecule has 3 N–H and O–H groups in total. The van der Waals surface area contributed by atoms with E-state index in [2.05, 4.69) is 10.1 Å². The fraction of sp³-hybridized carbons (Fsp3) is 0.0714. The minimum atomic E-state index is -0.601. The van der Waals surface area contributed by atoms with Gasteiger partial charge in [-0.3, -0.25) is 4.79 Å². The normalized spacial score (nSPS) is 11.7. The molecule has 0 radical (unpaired) electrons. The van der Waals surface area contributed by atoms with Gasteiger partial charge < -0.3 is 15.3 Å². The highest BCUT2D eigenvalue weighted by Crippen LogP contribution is 2.39. The van der Waals surface area contributed by atoms with Gasteiger partial charge in [-0.05, 0) is 25.1 Å². The molecule has 0 atom stereocenters. The maximum atomic E-state index is 11.7. The number of H-pyrrole nitrogens is 1. The molecule has 3 aromatic rings. The Hall–Kier alpha value is -2.63. The lowest BCUT2D eigenvalue weighted by atomic mass is 10.2. The van der Waals surface area contributed by atoms with E-state index < -0.39 is 5.56 Å². The van der Waals surface area contributed by atoms with Gasteiger partial charge >= 0.3 is 0 Å². The number of fused-ring (bicyclic) bond motifs is 1. The van der Waals surface area contributed by atoms with Crippen LogP contribution in [0.5, 0.6) is 5.75 Å². The fourth-order valence-corrected chi connectivity index (χ4v) is 4.09. The first kappa shape index (κ1) is 14.3. The maximum Gasteiger partial charge on any atom is 0.270 e. The molecule has 110 valence electrons. The van der Waals surface area contributed by atoms with Crippen molar-refractivity contribution < 1.29 is 10.3 Å². The average molecular weight is 331 g/mol. The molecule has 0 aliphatic carbocycles. The summed E-state index contributed by atoms with van der Waals surface area (Å²) in [7, 11) is 0. The van der Waals surface area contributed by atoms with E-state index in [0.717, 1.165) is 14.6 Å². The number of hydrogen-bond acceptors (Lipinski definition) is 7. The maximum absolute atomic E-state index is 11.7. The number of oxime groups is 1. The molecule has 6 nitrogen and oxygen atoms in total. The molecule has 0 amide bonds. The summed E-state index contributed by atoms with van der Waals surface area (Å²) in [6.07, 6.45) is 0. The van der Waals surface area contributed by atoms with Crippen molar-refractivity contribution in [2.24, 2.45) is 5.16 Å². The first-order valence-corrected chi connectivity index (χ1v) is 7.76. The van der Waals surface area contributed by atoms with Crippen molar-refractivity contribution in [1.82, 2.24) is 4.98 Å². The molecule has 3 rings (SSSR count). The Labute approximate surface area is 132 Å². The number of nitrogens with zero attached hydrogens (tertiary/aromatic N) is 2. The van der Waals surface area contributed by atoms with Gasteiger partial charge in [0, 0.05) is 9.75 Å². The molecule has 8 heteroatoms. The molecule has 0 unspecified atom stereocenters. The highest BCUT2D eigenvalue weighted by molar-refractivity contribution is 7.26. The van der Waals surface area contributed by atoms with Gasteiger partial charge in [-0.1, -0.05) is 5.16 Å². The molecule has 0 spiro atoms. The molecule has 0 bridgehead atoms. The molecule has 0 aliphatic rings. The predicted molar refractivity (Wildman–Crippen MR) is 86.1 cm³/mol. The zero-order valence-electron chi connectivity index (χ0n) is 11.2. The molecule has 0 saturated heterocycles. The fourth-order valence-electron chi connectivity index (χ4n) is 2.01. The molecule has 0 aliphatic heterocycles. The van der Waals surface area contributed by atoms with Gasteiger partial charge in [-0.2, -0.15) is 5.26 Å². The van der Waals surface area contributed by atoms with Crippen molar-refractivity contribution >= 4 is 38.6 Å². The monoisotopic (exact) mass is 331 g/mol. The van der Waals surface area contributed by atoms with Crippen molar-refractivity contribution in [1.29, 1.82) is 5.26 Å². The topological polar surface area (TPSA) is 109 Å². The van der Waals surface area contributed by atoms with Crippen LogP contribution in [0, 0.1) is 11.3 Å². The van der Waals surface area contributed by atoms with Gasteiger partial charge in [0.15, 0.2) is 5.56 Å². The lowest BCUT2D eigenvalue weighted by Crippen LogP contribution is -2.08. The standard InChI is InChI=1S/C14H9N3O3S2/c1-6(17-20)9-2-3-10(21-9)11-4-7-12(18)8(5-15)13(19)16-14(7)22-11/h2-4,20H,1H3,(H2,16,18,19)/b17-6+. The van der Waals surface area contributed by atoms with Crippen LogP contribution in [0.2, 0.25) is 0 Å². The summed E-state index contributed by atoms with van der Waals surface area (Å²) in [5.74, 6) is -0.298. The van der Waals surface area contributed by atoms with Crippen LogP contribution in [0.25, 0.3) is 20.0 Å². The lowest BCUT2D eigenvalue weighted by Gasteiger charge is -1.95. The summed E-state index contributed by atoms with van der Waals surface area (Å²) in [6.45, 7) is 1.70. The van der Waals surface area contributed by atoms with Crippen molar-refractivity contribution in [3.63, 3.8) is 0 Å². The Balaban J connectivity index is 2.18. The van der Waals surface area contributed by atoms with Crippen molar-refractivity contribution in [3.8, 4) is 21.6 Å². The molecular weight excluding hydrogens is 322 g/mol. The third kappa shape index (κ3) is 2.16. The molecule has 0 fully saturated rings. The molecule has 3 heterocycles. The van der Waals surface area contributed by atoms with Crippen LogP contribution in [-0.4, -0.2) is 21.0 Å². The van der Waals surface area contributed by atoms with Gasteiger partial charge in [0.1, 0.15) is 16.6 Å². The lowest BCUT2D eigenvalue weighted by molar-refractivity contribution is 0.319. The summed E-state index contributed by atoms with van der Waals surface area (Å²) in [5, 5.41) is 31.4. The number of hydrogen-bond donors (Lipinski definition) is 3. The summed E-state index contributed by atoms with van der Waals surface area (Å²) in [4.78, 5) is 17.4. The van der Waals surface area contributed by atoms with Crippen LogP contribution in [0.4, 0.5) is 0 Å². The number of aromatic amines is 1. The molecular formula is C14H9N3O3S2. The van der Waals surface area contributed by atoms with Crippen LogP contribution < -0.4 is 5.56 Å². The van der Waals surface area contributed by atoms with E-state index in [0.29, 0.717) is 15.9 Å². The number of rotatable bonds is 2. The van der Waals surface area contributed by atoms with E-state index in [1.54, 1.807) is 19.1 Å². The summed E-state index contributed by atoms with van der Waals surface area (Å²) >= 11 is 2.75. The number of pyridine rings is 1. The van der Waals surface area contributed by atoms with Crippen LogP contribution in [0.1, 0.15) is 17.4 Å². The first-order chi connectivity index (χ1) is 10.5. The summed E-state index contributed by atoms with van der Waals surface area (Å²) < 4.78 is 0. The van der Waals surface area contributed by atoms with E-state index in [1.807, 2.05) is 12.1 Å². The number of thiophene rings is 2. The first-order valence-electron chi connectivity index (χ1n) is 6.13. The third-order valence-electron chi connectivity index (χ3n) is 3.15. The Morgan fingerprint density at radius 2 is 2.14 bits per heavy atom. The van der Waals surface area contributed by atoms with Crippen LogP contribution in [-0.2, 0) is 0 Å². The third-order valence-corrected chi connectivity index (χ3v) is 5.59. The van der Waals surface area contributed by atoms with Gasteiger partial charge in [0.2, 0.25) is 0 Å². The summed E-state index contributed by atoms with van der Waals surface area (Å²) in [6, 6.07) is 7.14. The van der Waals surface area contributed by atoms with Gasteiger partial charge in [0.05, 0.1) is 16.0 Å². The van der Waals surface area contributed by atoms with E-state index in [4.69, 9.17) is 10.5 Å². The van der Waals surface area contributed by atoms with Crippen molar-refractivity contribution in [2.75, 3.05) is 0 Å². The Kier molecular flexibility index (Phi) is 3.44. The Bertz CT molecular complexity index is 1000. The summed E-state index contributed by atoms with van der Waals surface area (Å²) in [5.41, 5.74) is -0.372. The molecule has 3 aromatic heterocycles. The Morgan fingerprint density at radius 3 is 2.82 bits per heavy atom. The zero-order chi connectivity index (χ0) is 15.9. The second-order valence-electron chi connectivity index (χ2n) is 4.49.